The van der Waals surface area contributed by atoms with Gasteiger partial charge in [0.1, 0.15) is 0 Å². The highest BCUT2D eigenvalue weighted by Crippen LogP contribution is 2.32. The molecule has 3 rings (SSSR count). The van der Waals surface area contributed by atoms with Crippen LogP contribution in [0.15, 0.2) is 30.3 Å². The van der Waals surface area contributed by atoms with E-state index < -0.39 is 0 Å². The number of H-pyrrole nitrogens is 1. The van der Waals surface area contributed by atoms with Gasteiger partial charge in [0.25, 0.3) is 0 Å². The van der Waals surface area contributed by atoms with E-state index in [2.05, 4.69) is 23.2 Å². The zero-order valence-electron chi connectivity index (χ0n) is 11.2. The van der Waals surface area contributed by atoms with Gasteiger partial charge in [0, 0.05) is 17.4 Å². The summed E-state index contributed by atoms with van der Waals surface area (Å²) in [6.07, 6.45) is 1.28. The highest BCUT2D eigenvalue weighted by Gasteiger charge is 2.30. The SMILES string of the molecule is Cc1cc(CC(=O)N2c3ccccc3CC2C)n[nH]1. The van der Waals surface area contributed by atoms with E-state index in [0.717, 1.165) is 23.5 Å². The van der Waals surface area contributed by atoms with E-state index in [1.54, 1.807) is 0 Å². The van der Waals surface area contributed by atoms with E-state index in [-0.39, 0.29) is 11.9 Å². The Morgan fingerprint density at radius 1 is 1.47 bits per heavy atom. The van der Waals surface area contributed by atoms with E-state index in [1.165, 1.54) is 5.56 Å². The molecular formula is C15H17N3O. The molecule has 0 aliphatic carbocycles. The molecule has 0 radical (unpaired) electrons. The Morgan fingerprint density at radius 3 is 3.00 bits per heavy atom. The first kappa shape index (κ1) is 12.0. The van der Waals surface area contributed by atoms with Crippen LogP contribution in [0.2, 0.25) is 0 Å². The van der Waals surface area contributed by atoms with Crippen LogP contribution in [-0.4, -0.2) is 22.1 Å². The van der Waals surface area contributed by atoms with Crippen molar-refractivity contribution in [3.63, 3.8) is 0 Å². The van der Waals surface area contributed by atoms with Crippen molar-refractivity contribution in [3.8, 4) is 0 Å². The van der Waals surface area contributed by atoms with Crippen LogP contribution in [0.1, 0.15) is 23.9 Å². The van der Waals surface area contributed by atoms with Gasteiger partial charge < -0.3 is 4.90 Å². The van der Waals surface area contributed by atoms with Crippen molar-refractivity contribution < 1.29 is 4.79 Å². The second-order valence-electron chi connectivity index (χ2n) is 5.16. The number of aryl methyl sites for hydroxylation is 1. The Balaban J connectivity index is 1.84. The van der Waals surface area contributed by atoms with Crippen molar-refractivity contribution in [1.29, 1.82) is 0 Å². The maximum atomic E-state index is 12.5. The van der Waals surface area contributed by atoms with E-state index in [4.69, 9.17) is 0 Å². The number of fused-ring (bicyclic) bond motifs is 1. The molecule has 0 bridgehead atoms. The number of para-hydroxylation sites is 1. The van der Waals surface area contributed by atoms with Crippen molar-refractivity contribution >= 4 is 11.6 Å². The summed E-state index contributed by atoms with van der Waals surface area (Å²) in [6, 6.07) is 10.3. The van der Waals surface area contributed by atoms with Crippen molar-refractivity contribution in [3.05, 3.63) is 47.3 Å². The van der Waals surface area contributed by atoms with E-state index >= 15 is 0 Å². The van der Waals surface area contributed by atoms with Crippen LogP contribution in [0.4, 0.5) is 5.69 Å². The van der Waals surface area contributed by atoms with Crippen LogP contribution in [0.5, 0.6) is 0 Å². The molecule has 1 aliphatic heterocycles. The average molecular weight is 255 g/mol. The molecule has 2 heterocycles. The molecular weight excluding hydrogens is 238 g/mol. The minimum Gasteiger partial charge on any atom is -0.309 e. The van der Waals surface area contributed by atoms with Crippen molar-refractivity contribution in [2.75, 3.05) is 4.90 Å². The zero-order valence-corrected chi connectivity index (χ0v) is 11.2. The summed E-state index contributed by atoms with van der Waals surface area (Å²) < 4.78 is 0. The number of amides is 1. The molecule has 2 aromatic rings. The molecule has 98 valence electrons. The molecule has 4 heteroatoms. The number of nitrogens with one attached hydrogen (secondary N) is 1. The summed E-state index contributed by atoms with van der Waals surface area (Å²) in [6.45, 7) is 4.03. The van der Waals surface area contributed by atoms with Crippen molar-refractivity contribution in [1.82, 2.24) is 10.2 Å². The molecule has 0 saturated heterocycles. The topological polar surface area (TPSA) is 49.0 Å². The fraction of sp³-hybridized carbons (Fsp3) is 0.333. The van der Waals surface area contributed by atoms with E-state index in [9.17, 15) is 4.79 Å². The van der Waals surface area contributed by atoms with E-state index in [1.807, 2.05) is 36.1 Å². The minimum atomic E-state index is 0.115. The smallest absolute Gasteiger partial charge is 0.233 e. The lowest BCUT2D eigenvalue weighted by Gasteiger charge is -2.22. The number of nitrogens with zero attached hydrogens (tertiary/aromatic N) is 2. The Labute approximate surface area is 112 Å². The van der Waals surface area contributed by atoms with Gasteiger partial charge in [-0.25, -0.2) is 0 Å². The van der Waals surface area contributed by atoms with Crippen LogP contribution in [0.3, 0.4) is 0 Å². The number of rotatable bonds is 2. The van der Waals surface area contributed by atoms with Gasteiger partial charge in [-0.15, -0.1) is 0 Å². The average Bonchev–Trinajstić information content (AvgIpc) is 2.91. The molecule has 1 amide bonds. The highest BCUT2D eigenvalue weighted by molar-refractivity contribution is 5.97. The van der Waals surface area contributed by atoms with Gasteiger partial charge >= 0.3 is 0 Å². The molecule has 0 fully saturated rings. The number of aromatic nitrogens is 2. The van der Waals surface area contributed by atoms with Gasteiger partial charge in [-0.1, -0.05) is 18.2 Å². The third-order valence-corrected chi connectivity index (χ3v) is 3.57. The second kappa shape index (κ2) is 4.53. The fourth-order valence-electron chi connectivity index (χ4n) is 2.75. The van der Waals surface area contributed by atoms with Crippen LogP contribution in [0.25, 0.3) is 0 Å². The second-order valence-corrected chi connectivity index (χ2v) is 5.16. The predicted octanol–water partition coefficient (Wildman–Crippen LogP) is 2.24. The number of anilines is 1. The first-order valence-electron chi connectivity index (χ1n) is 6.56. The monoisotopic (exact) mass is 255 g/mol. The summed E-state index contributed by atoms with van der Waals surface area (Å²) in [5.41, 5.74) is 4.09. The molecule has 1 aromatic carbocycles. The van der Waals surface area contributed by atoms with Crippen LogP contribution < -0.4 is 4.90 Å². The van der Waals surface area contributed by atoms with E-state index in [0.29, 0.717) is 6.42 Å². The van der Waals surface area contributed by atoms with Gasteiger partial charge in [0.2, 0.25) is 5.91 Å². The molecule has 0 spiro atoms. The lowest BCUT2D eigenvalue weighted by molar-refractivity contribution is -0.118. The summed E-state index contributed by atoms with van der Waals surface area (Å²) in [4.78, 5) is 14.4. The van der Waals surface area contributed by atoms with Gasteiger partial charge in [0.05, 0.1) is 12.1 Å². The normalized spacial score (nSPS) is 17.6. The van der Waals surface area contributed by atoms with Crippen LogP contribution in [0, 0.1) is 6.92 Å². The molecule has 1 N–H and O–H groups in total. The van der Waals surface area contributed by atoms with Crippen molar-refractivity contribution in [2.24, 2.45) is 0 Å². The van der Waals surface area contributed by atoms with Gasteiger partial charge in [-0.3, -0.25) is 9.89 Å². The maximum absolute atomic E-state index is 12.5. The number of aromatic amines is 1. The van der Waals surface area contributed by atoms with Crippen LogP contribution >= 0.6 is 0 Å². The Morgan fingerprint density at radius 2 is 2.26 bits per heavy atom. The van der Waals surface area contributed by atoms with Crippen LogP contribution in [-0.2, 0) is 17.6 Å². The lowest BCUT2D eigenvalue weighted by Crippen LogP contribution is -2.36. The van der Waals surface area contributed by atoms with Crippen molar-refractivity contribution in [2.45, 2.75) is 32.7 Å². The highest BCUT2D eigenvalue weighted by atomic mass is 16.2. The lowest BCUT2D eigenvalue weighted by atomic mass is 10.1. The quantitative estimate of drug-likeness (QED) is 0.894. The number of carbonyl (C=O) groups is 1. The molecule has 4 nitrogen and oxygen atoms in total. The number of carbonyl (C=O) groups excluding carboxylic acids is 1. The Kier molecular flexibility index (Phi) is 2.85. The van der Waals surface area contributed by atoms with Gasteiger partial charge in [-0.05, 0) is 38.0 Å². The third kappa shape index (κ3) is 2.14. The molecule has 1 aliphatic rings. The molecule has 1 aromatic heterocycles. The molecule has 19 heavy (non-hydrogen) atoms. The van der Waals surface area contributed by atoms with Gasteiger partial charge in [0.15, 0.2) is 0 Å². The maximum Gasteiger partial charge on any atom is 0.233 e. The number of hydrogen-bond donors (Lipinski definition) is 1. The Hall–Kier alpha value is -2.10. The molecule has 1 atom stereocenters. The summed E-state index contributed by atoms with van der Waals surface area (Å²) in [5.74, 6) is 0.115. The first-order valence-corrected chi connectivity index (χ1v) is 6.56. The van der Waals surface area contributed by atoms with Gasteiger partial charge in [-0.2, -0.15) is 5.10 Å². The standard InChI is InChI=1S/C15H17N3O/c1-10-7-13(17-16-10)9-15(19)18-11(2)8-12-5-3-4-6-14(12)18/h3-7,11H,8-9H2,1-2H3,(H,16,17). The zero-order chi connectivity index (χ0) is 13.4. The first-order chi connectivity index (χ1) is 9.15. The summed E-state index contributed by atoms with van der Waals surface area (Å²) in [7, 11) is 0. The minimum absolute atomic E-state index is 0.115. The summed E-state index contributed by atoms with van der Waals surface area (Å²) in [5, 5.41) is 7.01. The number of hydrogen-bond acceptors (Lipinski definition) is 2. The predicted molar refractivity (Wildman–Crippen MR) is 74.1 cm³/mol. The fourth-order valence-corrected chi connectivity index (χ4v) is 2.75. The molecule has 1 unspecified atom stereocenters. The summed E-state index contributed by atoms with van der Waals surface area (Å²) >= 11 is 0. The molecule has 0 saturated carbocycles. The Bertz CT molecular complexity index is 617. The number of benzene rings is 1. The third-order valence-electron chi connectivity index (χ3n) is 3.57. The largest absolute Gasteiger partial charge is 0.309 e.